The summed E-state index contributed by atoms with van der Waals surface area (Å²) in [6.45, 7) is 1.87. The maximum atomic E-state index is 13.8. The van der Waals surface area contributed by atoms with Crippen molar-refractivity contribution in [2.45, 2.75) is 12.5 Å². The molecule has 1 atom stereocenters. The van der Waals surface area contributed by atoms with Crippen molar-refractivity contribution in [2.75, 3.05) is 44.9 Å². The molecule has 2 rings (SSSR count). The number of anilines is 1. The van der Waals surface area contributed by atoms with Gasteiger partial charge in [0.25, 0.3) is 0 Å². The van der Waals surface area contributed by atoms with Crippen LogP contribution in [0.15, 0.2) is 24.3 Å². The minimum atomic E-state index is -0.375. The van der Waals surface area contributed by atoms with Gasteiger partial charge in [0.1, 0.15) is 5.82 Å². The Labute approximate surface area is 123 Å². The van der Waals surface area contributed by atoms with Gasteiger partial charge < -0.3 is 14.7 Å². The number of hydrogen-bond donors (Lipinski definition) is 1. The number of aliphatic hydroxyl groups excluding tert-OH is 1. The summed E-state index contributed by atoms with van der Waals surface area (Å²) in [5.41, 5.74) is 0.343. The second-order valence-electron chi connectivity index (χ2n) is 5.06. The van der Waals surface area contributed by atoms with Crippen LogP contribution in [0.1, 0.15) is 6.42 Å². The fraction of sp³-hybridized carbons (Fsp3) is 0.533. The van der Waals surface area contributed by atoms with Gasteiger partial charge in [0, 0.05) is 13.1 Å². The van der Waals surface area contributed by atoms with Gasteiger partial charge in [0.05, 0.1) is 31.5 Å². The summed E-state index contributed by atoms with van der Waals surface area (Å²) in [5, 5.41) is 8.64. The summed E-state index contributed by atoms with van der Waals surface area (Å²) in [5.74, 6) is -0.454. The van der Waals surface area contributed by atoms with Crippen LogP contribution in [0.5, 0.6) is 0 Å². The molecule has 1 amide bonds. The number of para-hydroxylation sites is 1. The predicted molar refractivity (Wildman–Crippen MR) is 77.7 cm³/mol. The minimum Gasteiger partial charge on any atom is -0.394 e. The molecule has 1 aromatic rings. The Balaban J connectivity index is 1.93. The summed E-state index contributed by atoms with van der Waals surface area (Å²) in [6.07, 6.45) is 0.670. The number of hydrogen-bond acceptors (Lipinski definition) is 4. The van der Waals surface area contributed by atoms with Crippen LogP contribution in [0.3, 0.4) is 0 Å². The second-order valence-corrected chi connectivity index (χ2v) is 5.06. The van der Waals surface area contributed by atoms with Crippen LogP contribution in [0.4, 0.5) is 10.1 Å². The molecule has 1 unspecified atom stereocenters. The van der Waals surface area contributed by atoms with Crippen molar-refractivity contribution in [1.82, 2.24) is 4.90 Å². The third-order valence-electron chi connectivity index (χ3n) is 3.68. The van der Waals surface area contributed by atoms with Gasteiger partial charge in [0.15, 0.2) is 0 Å². The third kappa shape index (κ3) is 3.78. The highest BCUT2D eigenvalue weighted by molar-refractivity contribution is 5.99. The molecular weight excluding hydrogens is 275 g/mol. The lowest BCUT2D eigenvalue weighted by Gasteiger charge is -2.23. The van der Waals surface area contributed by atoms with Crippen molar-refractivity contribution >= 4 is 11.6 Å². The van der Waals surface area contributed by atoms with Crippen LogP contribution in [0.2, 0.25) is 0 Å². The standard InChI is InChI=1S/C15H21FN2O3/c1-17(8-10-21-11-9-19)14-6-7-18(15(14)20)13-5-3-2-4-12(13)16/h2-5,14,19H,6-11H2,1H3. The van der Waals surface area contributed by atoms with Crippen molar-refractivity contribution in [3.05, 3.63) is 30.1 Å². The fourth-order valence-electron chi connectivity index (χ4n) is 2.51. The van der Waals surface area contributed by atoms with E-state index in [0.29, 0.717) is 38.4 Å². The largest absolute Gasteiger partial charge is 0.394 e. The van der Waals surface area contributed by atoms with Crippen LogP contribution in [-0.2, 0) is 9.53 Å². The van der Waals surface area contributed by atoms with E-state index < -0.39 is 0 Å². The molecule has 1 N–H and O–H groups in total. The highest BCUT2D eigenvalue weighted by Gasteiger charge is 2.35. The van der Waals surface area contributed by atoms with Crippen molar-refractivity contribution in [3.8, 4) is 0 Å². The molecular formula is C15H21FN2O3. The molecule has 0 radical (unpaired) electrons. The molecule has 1 saturated heterocycles. The first-order valence-electron chi connectivity index (χ1n) is 7.10. The summed E-state index contributed by atoms with van der Waals surface area (Å²) < 4.78 is 19.0. The summed E-state index contributed by atoms with van der Waals surface area (Å²) in [4.78, 5) is 15.8. The number of halogens is 1. The SMILES string of the molecule is CN(CCOCCO)C1CCN(c2ccccc2F)C1=O. The molecule has 5 nitrogen and oxygen atoms in total. The number of amides is 1. The molecule has 116 valence electrons. The number of benzene rings is 1. The third-order valence-corrected chi connectivity index (χ3v) is 3.68. The van der Waals surface area contributed by atoms with E-state index in [9.17, 15) is 9.18 Å². The smallest absolute Gasteiger partial charge is 0.244 e. The van der Waals surface area contributed by atoms with E-state index in [1.54, 1.807) is 18.2 Å². The van der Waals surface area contributed by atoms with Gasteiger partial charge in [-0.15, -0.1) is 0 Å². The normalized spacial score (nSPS) is 18.8. The highest BCUT2D eigenvalue weighted by Crippen LogP contribution is 2.26. The number of aliphatic hydroxyl groups is 1. The Morgan fingerprint density at radius 2 is 2.19 bits per heavy atom. The topological polar surface area (TPSA) is 53.0 Å². The van der Waals surface area contributed by atoms with E-state index in [1.807, 2.05) is 11.9 Å². The lowest BCUT2D eigenvalue weighted by Crippen LogP contribution is -2.41. The van der Waals surface area contributed by atoms with E-state index in [1.165, 1.54) is 11.0 Å². The summed E-state index contributed by atoms with van der Waals surface area (Å²) in [7, 11) is 1.86. The molecule has 1 aromatic carbocycles. The van der Waals surface area contributed by atoms with E-state index in [0.717, 1.165) is 0 Å². The lowest BCUT2D eigenvalue weighted by molar-refractivity contribution is -0.121. The molecule has 1 aliphatic rings. The van der Waals surface area contributed by atoms with Gasteiger partial charge in [-0.1, -0.05) is 12.1 Å². The Bertz CT molecular complexity index is 484. The zero-order valence-corrected chi connectivity index (χ0v) is 12.2. The van der Waals surface area contributed by atoms with E-state index in [-0.39, 0.29) is 24.4 Å². The number of carbonyl (C=O) groups excluding carboxylic acids is 1. The number of ether oxygens (including phenoxy) is 1. The maximum absolute atomic E-state index is 13.8. The van der Waals surface area contributed by atoms with Gasteiger partial charge in [-0.3, -0.25) is 9.69 Å². The summed E-state index contributed by atoms with van der Waals surface area (Å²) >= 11 is 0. The first kappa shape index (κ1) is 15.9. The van der Waals surface area contributed by atoms with E-state index in [2.05, 4.69) is 0 Å². The molecule has 1 aliphatic heterocycles. The number of nitrogens with zero attached hydrogens (tertiary/aromatic N) is 2. The first-order chi connectivity index (χ1) is 10.1. The molecule has 0 saturated carbocycles. The Morgan fingerprint density at radius 3 is 2.90 bits per heavy atom. The predicted octanol–water partition coefficient (Wildman–Crippen LogP) is 0.872. The Morgan fingerprint density at radius 1 is 1.43 bits per heavy atom. The monoisotopic (exact) mass is 296 g/mol. The number of carbonyl (C=O) groups is 1. The van der Waals surface area contributed by atoms with Crippen LogP contribution in [0.25, 0.3) is 0 Å². The second kappa shape index (κ2) is 7.49. The average Bonchev–Trinajstić information content (AvgIpc) is 2.86. The van der Waals surface area contributed by atoms with Crippen LogP contribution < -0.4 is 4.90 Å². The quantitative estimate of drug-likeness (QED) is 0.759. The number of likely N-dealkylation sites (N-methyl/N-ethyl adjacent to an activating group) is 1. The summed E-state index contributed by atoms with van der Waals surface area (Å²) in [6, 6.07) is 6.08. The Hall–Kier alpha value is -1.50. The van der Waals surface area contributed by atoms with Crippen LogP contribution in [-0.4, -0.2) is 61.9 Å². The highest BCUT2D eigenvalue weighted by atomic mass is 19.1. The van der Waals surface area contributed by atoms with Gasteiger partial charge in [0.2, 0.25) is 5.91 Å². The van der Waals surface area contributed by atoms with Gasteiger partial charge >= 0.3 is 0 Å². The molecule has 21 heavy (non-hydrogen) atoms. The van der Waals surface area contributed by atoms with Crippen LogP contribution >= 0.6 is 0 Å². The molecule has 1 heterocycles. The van der Waals surface area contributed by atoms with Gasteiger partial charge in [-0.2, -0.15) is 0 Å². The maximum Gasteiger partial charge on any atom is 0.244 e. The van der Waals surface area contributed by atoms with E-state index >= 15 is 0 Å². The molecule has 0 bridgehead atoms. The average molecular weight is 296 g/mol. The zero-order valence-electron chi connectivity index (χ0n) is 12.2. The molecule has 0 aromatic heterocycles. The molecule has 0 spiro atoms. The van der Waals surface area contributed by atoms with Gasteiger partial charge in [-0.25, -0.2) is 4.39 Å². The van der Waals surface area contributed by atoms with Crippen molar-refractivity contribution < 1.29 is 19.0 Å². The van der Waals surface area contributed by atoms with Crippen LogP contribution in [0, 0.1) is 5.82 Å². The lowest BCUT2D eigenvalue weighted by atomic mass is 10.2. The van der Waals surface area contributed by atoms with Crippen molar-refractivity contribution in [3.63, 3.8) is 0 Å². The Kier molecular flexibility index (Phi) is 5.67. The molecule has 1 fully saturated rings. The fourth-order valence-corrected chi connectivity index (χ4v) is 2.51. The minimum absolute atomic E-state index is 0.00681. The van der Waals surface area contributed by atoms with Crippen molar-refractivity contribution in [1.29, 1.82) is 0 Å². The first-order valence-corrected chi connectivity index (χ1v) is 7.10. The zero-order chi connectivity index (χ0) is 15.2. The number of rotatable bonds is 7. The van der Waals surface area contributed by atoms with Crippen molar-refractivity contribution in [2.24, 2.45) is 0 Å². The van der Waals surface area contributed by atoms with Gasteiger partial charge in [-0.05, 0) is 25.6 Å². The molecule has 6 heteroatoms. The van der Waals surface area contributed by atoms with E-state index in [4.69, 9.17) is 9.84 Å². The molecule has 0 aliphatic carbocycles.